The zero-order valence-corrected chi connectivity index (χ0v) is 17.7. The quantitative estimate of drug-likeness (QED) is 0.749. The lowest BCUT2D eigenvalue weighted by Crippen LogP contribution is -2.47. The minimum Gasteiger partial charge on any atom is -0.368 e. The van der Waals surface area contributed by atoms with Gasteiger partial charge in [-0.2, -0.15) is 5.26 Å². The van der Waals surface area contributed by atoms with Crippen LogP contribution in [0.15, 0.2) is 18.2 Å². The first kappa shape index (κ1) is 21.2. The van der Waals surface area contributed by atoms with Crippen LogP contribution in [-0.2, 0) is 4.79 Å². The first-order valence-corrected chi connectivity index (χ1v) is 10.9. The Morgan fingerprint density at radius 3 is 2.50 bits per heavy atom. The summed E-state index contributed by atoms with van der Waals surface area (Å²) in [7, 11) is 0. The van der Waals surface area contributed by atoms with Crippen LogP contribution in [0.5, 0.6) is 0 Å². The molecule has 1 aromatic rings. The molecule has 0 atom stereocenters. The summed E-state index contributed by atoms with van der Waals surface area (Å²) < 4.78 is 0. The highest BCUT2D eigenvalue weighted by Gasteiger charge is 2.24. The maximum absolute atomic E-state index is 11.5. The maximum Gasteiger partial charge on any atom is 0.234 e. The molecular weight excluding hydrogens is 395 g/mol. The van der Waals surface area contributed by atoms with E-state index in [0.29, 0.717) is 5.02 Å². The fourth-order valence-electron chi connectivity index (χ4n) is 4.26. The zero-order chi connectivity index (χ0) is 19.9. The molecular formula is C21H28Cl2N4O. The second kappa shape index (κ2) is 10.3. The van der Waals surface area contributed by atoms with Crippen molar-refractivity contribution in [2.75, 3.05) is 37.6 Å². The van der Waals surface area contributed by atoms with Crippen molar-refractivity contribution in [2.45, 2.75) is 44.6 Å². The lowest BCUT2D eigenvalue weighted by atomic mass is 9.84. The number of piperazine rings is 1. The number of amides is 1. The van der Waals surface area contributed by atoms with Gasteiger partial charge in [-0.3, -0.25) is 9.69 Å². The predicted octanol–water partition coefficient (Wildman–Crippen LogP) is 4.09. The number of rotatable bonds is 6. The van der Waals surface area contributed by atoms with Crippen molar-refractivity contribution in [3.63, 3.8) is 0 Å². The molecule has 5 nitrogen and oxygen atoms in total. The van der Waals surface area contributed by atoms with Crippen LogP contribution >= 0.6 is 23.2 Å². The number of nitrogens with zero attached hydrogens (tertiary/aromatic N) is 3. The largest absolute Gasteiger partial charge is 0.368 e. The molecule has 2 aliphatic rings. The van der Waals surface area contributed by atoms with Crippen LogP contribution < -0.4 is 10.2 Å². The van der Waals surface area contributed by atoms with E-state index in [-0.39, 0.29) is 18.4 Å². The van der Waals surface area contributed by atoms with Crippen LogP contribution in [0.25, 0.3) is 0 Å². The van der Waals surface area contributed by atoms with Crippen LogP contribution in [0.4, 0.5) is 5.69 Å². The lowest BCUT2D eigenvalue weighted by Gasteiger charge is -2.37. The monoisotopic (exact) mass is 422 g/mol. The van der Waals surface area contributed by atoms with Gasteiger partial charge in [-0.05, 0) is 62.8 Å². The molecule has 3 rings (SSSR count). The minimum absolute atomic E-state index is 0.0346. The van der Waals surface area contributed by atoms with Crippen LogP contribution in [0, 0.1) is 17.2 Å². The van der Waals surface area contributed by atoms with E-state index in [4.69, 9.17) is 28.5 Å². The van der Waals surface area contributed by atoms with Crippen LogP contribution in [0.3, 0.4) is 0 Å². The fraction of sp³-hybridized carbons (Fsp3) is 0.619. The molecule has 1 N–H and O–H groups in total. The van der Waals surface area contributed by atoms with E-state index in [2.05, 4.69) is 15.1 Å². The van der Waals surface area contributed by atoms with Gasteiger partial charge in [-0.1, -0.05) is 23.2 Å². The van der Waals surface area contributed by atoms with E-state index in [1.54, 1.807) is 0 Å². The number of hydrogen-bond acceptors (Lipinski definition) is 4. The van der Waals surface area contributed by atoms with Gasteiger partial charge < -0.3 is 10.2 Å². The van der Waals surface area contributed by atoms with Crippen molar-refractivity contribution < 1.29 is 4.79 Å². The molecule has 1 aromatic carbocycles. The van der Waals surface area contributed by atoms with Crippen LogP contribution in [0.1, 0.15) is 38.5 Å². The highest BCUT2D eigenvalue weighted by atomic mass is 35.5. The third kappa shape index (κ3) is 6.01. The van der Waals surface area contributed by atoms with Crippen LogP contribution in [-0.4, -0.2) is 49.6 Å². The Hall–Kier alpha value is -1.48. The summed E-state index contributed by atoms with van der Waals surface area (Å²) >= 11 is 12.3. The SMILES string of the molecule is N#CCC(=O)NC1CCC(CCN2CCN(c3ccc(Cl)cc3Cl)CC2)CC1. The molecule has 1 heterocycles. The number of carbonyl (C=O) groups is 1. The fourth-order valence-corrected chi connectivity index (χ4v) is 4.79. The first-order valence-electron chi connectivity index (χ1n) is 10.1. The molecule has 0 spiro atoms. The number of halogens is 2. The van der Waals surface area contributed by atoms with Crippen LogP contribution in [0.2, 0.25) is 10.0 Å². The summed E-state index contributed by atoms with van der Waals surface area (Å²) in [6.07, 6.45) is 5.58. The van der Waals surface area contributed by atoms with Gasteiger partial charge in [0.25, 0.3) is 0 Å². The van der Waals surface area contributed by atoms with Gasteiger partial charge in [-0.25, -0.2) is 0 Å². The molecule has 7 heteroatoms. The molecule has 1 saturated heterocycles. The Morgan fingerprint density at radius 2 is 1.86 bits per heavy atom. The number of anilines is 1. The molecule has 0 aromatic heterocycles. The zero-order valence-electron chi connectivity index (χ0n) is 16.2. The average Bonchev–Trinajstić information content (AvgIpc) is 2.68. The molecule has 1 aliphatic carbocycles. The van der Waals surface area contributed by atoms with Gasteiger partial charge in [-0.15, -0.1) is 0 Å². The Balaban J connectivity index is 1.35. The van der Waals surface area contributed by atoms with Gasteiger partial charge in [0.2, 0.25) is 5.91 Å². The molecule has 152 valence electrons. The van der Waals surface area contributed by atoms with Gasteiger partial charge in [0, 0.05) is 37.2 Å². The summed E-state index contributed by atoms with van der Waals surface area (Å²) in [6.45, 7) is 5.22. The topological polar surface area (TPSA) is 59.4 Å². The summed E-state index contributed by atoms with van der Waals surface area (Å²) in [5, 5.41) is 12.9. The third-order valence-electron chi connectivity index (χ3n) is 5.93. The Bertz CT molecular complexity index is 705. The third-order valence-corrected chi connectivity index (χ3v) is 6.47. The second-order valence-corrected chi connectivity index (χ2v) is 8.68. The molecule has 1 amide bonds. The van der Waals surface area contributed by atoms with E-state index in [9.17, 15) is 4.79 Å². The normalized spacial score (nSPS) is 23.2. The Kier molecular flexibility index (Phi) is 7.84. The van der Waals surface area contributed by atoms with Crippen molar-refractivity contribution in [1.82, 2.24) is 10.2 Å². The highest BCUT2D eigenvalue weighted by molar-refractivity contribution is 6.36. The Morgan fingerprint density at radius 1 is 1.14 bits per heavy atom. The number of hydrogen-bond donors (Lipinski definition) is 1. The average molecular weight is 423 g/mol. The van der Waals surface area contributed by atoms with Crippen molar-refractivity contribution in [1.29, 1.82) is 5.26 Å². The number of benzene rings is 1. The standard InChI is InChI=1S/C21H28Cl2N4O/c22-17-3-6-20(19(23)15-17)27-13-11-26(12-14-27)10-8-16-1-4-18(5-2-16)25-21(28)7-9-24/h3,6,15-16,18H,1-2,4-5,7-8,10-14H2,(H,25,28). The number of nitrogens with one attached hydrogen (secondary N) is 1. The van der Waals surface area contributed by atoms with Gasteiger partial charge in [0.05, 0.1) is 16.8 Å². The lowest BCUT2D eigenvalue weighted by molar-refractivity contribution is -0.121. The molecule has 2 fully saturated rings. The molecule has 0 radical (unpaired) electrons. The smallest absolute Gasteiger partial charge is 0.234 e. The Labute approximate surface area is 177 Å². The highest BCUT2D eigenvalue weighted by Crippen LogP contribution is 2.30. The van der Waals surface area contributed by atoms with E-state index < -0.39 is 0 Å². The molecule has 1 saturated carbocycles. The van der Waals surface area contributed by atoms with Crippen molar-refractivity contribution in [2.24, 2.45) is 5.92 Å². The van der Waals surface area contributed by atoms with Crippen molar-refractivity contribution in [3.8, 4) is 6.07 Å². The minimum atomic E-state index is -0.135. The number of carbonyl (C=O) groups excluding carboxylic acids is 1. The summed E-state index contributed by atoms with van der Waals surface area (Å²) in [4.78, 5) is 16.4. The van der Waals surface area contributed by atoms with Gasteiger partial charge >= 0.3 is 0 Å². The molecule has 28 heavy (non-hydrogen) atoms. The van der Waals surface area contributed by atoms with Gasteiger partial charge in [0.15, 0.2) is 0 Å². The second-order valence-electron chi connectivity index (χ2n) is 7.83. The molecule has 0 bridgehead atoms. The van der Waals surface area contributed by atoms with E-state index in [0.717, 1.165) is 75.0 Å². The molecule has 1 aliphatic heterocycles. The van der Waals surface area contributed by atoms with E-state index >= 15 is 0 Å². The van der Waals surface area contributed by atoms with E-state index in [1.165, 1.54) is 6.42 Å². The first-order chi connectivity index (χ1) is 13.5. The van der Waals surface area contributed by atoms with E-state index in [1.807, 2.05) is 24.3 Å². The predicted molar refractivity (Wildman–Crippen MR) is 114 cm³/mol. The maximum atomic E-state index is 11.5. The summed E-state index contributed by atoms with van der Waals surface area (Å²) in [5.74, 6) is 0.609. The summed E-state index contributed by atoms with van der Waals surface area (Å²) in [5.41, 5.74) is 1.07. The molecule has 0 unspecified atom stereocenters. The van der Waals surface area contributed by atoms with Gasteiger partial charge in [0.1, 0.15) is 6.42 Å². The van der Waals surface area contributed by atoms with Crippen molar-refractivity contribution in [3.05, 3.63) is 28.2 Å². The summed E-state index contributed by atoms with van der Waals surface area (Å²) in [6, 6.07) is 7.88. The number of nitriles is 1. The van der Waals surface area contributed by atoms with Crippen molar-refractivity contribution >= 4 is 34.8 Å².